The molecule has 4 nitrogen and oxygen atoms in total. The number of nitrogens with zero attached hydrogens (tertiary/aromatic N) is 1. The predicted molar refractivity (Wildman–Crippen MR) is 59.1 cm³/mol. The van der Waals surface area contributed by atoms with E-state index < -0.39 is 5.97 Å². The highest BCUT2D eigenvalue weighted by molar-refractivity contribution is 5.69. The van der Waals surface area contributed by atoms with Crippen LogP contribution in [0.25, 0.3) is 0 Å². The van der Waals surface area contributed by atoms with E-state index in [-0.39, 0.29) is 12.6 Å². The van der Waals surface area contributed by atoms with Gasteiger partial charge in [0, 0.05) is 13.1 Å². The largest absolute Gasteiger partial charge is 0.480 e. The van der Waals surface area contributed by atoms with Gasteiger partial charge >= 0.3 is 5.97 Å². The lowest BCUT2D eigenvalue weighted by molar-refractivity contribution is -0.138. The average molecular weight is 221 g/mol. The number of epoxide rings is 1. The summed E-state index contributed by atoms with van der Waals surface area (Å²) in [7, 11) is 0. The second kappa shape index (κ2) is 5.09. The standard InChI is InChI=1S/C12H15NO3/c14-12(15)8-13(7-11-9-16-11)6-10-4-2-1-3-5-10/h1-5,11H,6-9H2,(H,14,15). The summed E-state index contributed by atoms with van der Waals surface area (Å²) in [5.74, 6) is -0.795. The summed E-state index contributed by atoms with van der Waals surface area (Å²) in [5.41, 5.74) is 1.13. The lowest BCUT2D eigenvalue weighted by atomic mass is 10.2. The van der Waals surface area contributed by atoms with Crippen LogP contribution < -0.4 is 0 Å². The number of carbonyl (C=O) groups is 1. The maximum atomic E-state index is 10.7. The first-order chi connectivity index (χ1) is 7.74. The molecule has 1 unspecified atom stereocenters. The molecule has 0 radical (unpaired) electrons. The van der Waals surface area contributed by atoms with E-state index in [0.29, 0.717) is 13.1 Å². The molecular weight excluding hydrogens is 206 g/mol. The minimum atomic E-state index is -0.795. The molecule has 4 heteroatoms. The zero-order chi connectivity index (χ0) is 11.4. The molecule has 1 N–H and O–H groups in total. The molecule has 1 fully saturated rings. The molecule has 1 atom stereocenters. The molecule has 0 bridgehead atoms. The minimum absolute atomic E-state index is 0.0642. The Morgan fingerprint density at radius 1 is 1.44 bits per heavy atom. The Bertz CT molecular complexity index is 349. The van der Waals surface area contributed by atoms with Gasteiger partial charge in [-0.25, -0.2) is 0 Å². The summed E-state index contributed by atoms with van der Waals surface area (Å²) in [6.07, 6.45) is 0.225. The average Bonchev–Trinajstić information content (AvgIpc) is 3.02. The third-order valence-corrected chi connectivity index (χ3v) is 2.47. The van der Waals surface area contributed by atoms with Crippen LogP contribution in [0.4, 0.5) is 0 Å². The van der Waals surface area contributed by atoms with Crippen molar-refractivity contribution in [1.82, 2.24) is 4.90 Å². The van der Waals surface area contributed by atoms with Crippen LogP contribution in [0.5, 0.6) is 0 Å². The van der Waals surface area contributed by atoms with Gasteiger partial charge < -0.3 is 9.84 Å². The molecule has 0 aromatic heterocycles. The van der Waals surface area contributed by atoms with Gasteiger partial charge in [-0.3, -0.25) is 9.69 Å². The summed E-state index contributed by atoms with van der Waals surface area (Å²) < 4.78 is 5.12. The van der Waals surface area contributed by atoms with Gasteiger partial charge in [-0.15, -0.1) is 0 Å². The Morgan fingerprint density at radius 2 is 2.12 bits per heavy atom. The molecule has 16 heavy (non-hydrogen) atoms. The van der Waals surface area contributed by atoms with E-state index in [1.807, 2.05) is 35.2 Å². The normalized spacial score (nSPS) is 18.7. The van der Waals surface area contributed by atoms with Crippen LogP contribution in [0.15, 0.2) is 30.3 Å². The van der Waals surface area contributed by atoms with Crippen molar-refractivity contribution in [2.24, 2.45) is 0 Å². The van der Waals surface area contributed by atoms with Crippen LogP contribution in [0.2, 0.25) is 0 Å². The third-order valence-electron chi connectivity index (χ3n) is 2.47. The number of hydrogen-bond acceptors (Lipinski definition) is 3. The smallest absolute Gasteiger partial charge is 0.317 e. The Morgan fingerprint density at radius 3 is 2.69 bits per heavy atom. The number of carboxylic acid groups (broad SMARTS) is 1. The van der Waals surface area contributed by atoms with E-state index in [0.717, 1.165) is 12.2 Å². The van der Waals surface area contributed by atoms with Gasteiger partial charge in [0.05, 0.1) is 19.3 Å². The lowest BCUT2D eigenvalue weighted by Crippen LogP contribution is -2.32. The summed E-state index contributed by atoms with van der Waals surface area (Å²) in [4.78, 5) is 12.6. The summed E-state index contributed by atoms with van der Waals surface area (Å²) in [6, 6.07) is 9.88. The molecule has 0 saturated carbocycles. The van der Waals surface area contributed by atoms with Crippen molar-refractivity contribution < 1.29 is 14.6 Å². The fraction of sp³-hybridized carbons (Fsp3) is 0.417. The number of hydrogen-bond donors (Lipinski definition) is 1. The van der Waals surface area contributed by atoms with Crippen molar-refractivity contribution in [2.45, 2.75) is 12.6 Å². The highest BCUT2D eigenvalue weighted by atomic mass is 16.6. The van der Waals surface area contributed by atoms with Crippen molar-refractivity contribution in [3.63, 3.8) is 0 Å². The summed E-state index contributed by atoms with van der Waals surface area (Å²) in [6.45, 7) is 2.17. The fourth-order valence-electron chi connectivity index (χ4n) is 1.68. The van der Waals surface area contributed by atoms with Gasteiger partial charge in [0.2, 0.25) is 0 Å². The van der Waals surface area contributed by atoms with Crippen LogP contribution >= 0.6 is 0 Å². The zero-order valence-electron chi connectivity index (χ0n) is 9.00. The first-order valence-electron chi connectivity index (χ1n) is 5.34. The van der Waals surface area contributed by atoms with E-state index in [1.165, 1.54) is 0 Å². The Hall–Kier alpha value is -1.39. The van der Waals surface area contributed by atoms with Gasteiger partial charge in [-0.05, 0) is 5.56 Å². The van der Waals surface area contributed by atoms with Crippen molar-refractivity contribution in [3.05, 3.63) is 35.9 Å². The van der Waals surface area contributed by atoms with E-state index in [9.17, 15) is 4.79 Å². The van der Waals surface area contributed by atoms with Gasteiger partial charge in [-0.2, -0.15) is 0 Å². The summed E-state index contributed by atoms with van der Waals surface area (Å²) >= 11 is 0. The first kappa shape index (κ1) is 11.1. The van der Waals surface area contributed by atoms with Crippen molar-refractivity contribution in [3.8, 4) is 0 Å². The van der Waals surface area contributed by atoms with E-state index in [1.54, 1.807) is 0 Å². The van der Waals surface area contributed by atoms with Gasteiger partial charge in [0.25, 0.3) is 0 Å². The Kier molecular flexibility index (Phi) is 3.54. The highest BCUT2D eigenvalue weighted by Gasteiger charge is 2.26. The van der Waals surface area contributed by atoms with Gasteiger partial charge in [0.1, 0.15) is 0 Å². The zero-order valence-corrected chi connectivity index (χ0v) is 9.00. The van der Waals surface area contributed by atoms with E-state index in [4.69, 9.17) is 9.84 Å². The van der Waals surface area contributed by atoms with Crippen LogP contribution in [0.1, 0.15) is 5.56 Å². The Labute approximate surface area is 94.4 Å². The van der Waals surface area contributed by atoms with Crippen molar-refractivity contribution >= 4 is 5.97 Å². The molecular formula is C12H15NO3. The molecule has 1 aliphatic heterocycles. The molecule has 1 aromatic rings. The lowest BCUT2D eigenvalue weighted by Gasteiger charge is -2.19. The SMILES string of the molecule is O=C(O)CN(Cc1ccccc1)CC1CO1. The number of aliphatic carboxylic acids is 1. The third kappa shape index (κ3) is 3.64. The summed E-state index contributed by atoms with van der Waals surface area (Å²) in [5, 5.41) is 8.81. The molecule has 1 saturated heterocycles. The molecule has 0 spiro atoms. The number of benzene rings is 1. The maximum Gasteiger partial charge on any atom is 0.317 e. The second-order valence-electron chi connectivity index (χ2n) is 4.00. The predicted octanol–water partition coefficient (Wildman–Crippen LogP) is 0.972. The van der Waals surface area contributed by atoms with Gasteiger partial charge in [0.15, 0.2) is 0 Å². The van der Waals surface area contributed by atoms with Crippen LogP contribution in [0.3, 0.4) is 0 Å². The number of ether oxygens (including phenoxy) is 1. The molecule has 1 heterocycles. The topological polar surface area (TPSA) is 53.1 Å². The molecule has 1 aliphatic rings. The molecule has 2 rings (SSSR count). The number of rotatable bonds is 6. The van der Waals surface area contributed by atoms with Crippen LogP contribution in [-0.2, 0) is 16.1 Å². The van der Waals surface area contributed by atoms with E-state index in [2.05, 4.69) is 0 Å². The minimum Gasteiger partial charge on any atom is -0.480 e. The van der Waals surface area contributed by atoms with E-state index >= 15 is 0 Å². The van der Waals surface area contributed by atoms with Crippen LogP contribution in [-0.4, -0.2) is 41.8 Å². The second-order valence-corrected chi connectivity index (χ2v) is 4.00. The quantitative estimate of drug-likeness (QED) is 0.727. The monoisotopic (exact) mass is 221 g/mol. The highest BCUT2D eigenvalue weighted by Crippen LogP contribution is 2.13. The molecule has 0 amide bonds. The molecule has 86 valence electrons. The number of carboxylic acids is 1. The Balaban J connectivity index is 1.92. The van der Waals surface area contributed by atoms with Crippen molar-refractivity contribution in [1.29, 1.82) is 0 Å². The maximum absolute atomic E-state index is 10.7. The molecule has 1 aromatic carbocycles. The van der Waals surface area contributed by atoms with Crippen molar-refractivity contribution in [2.75, 3.05) is 19.7 Å². The van der Waals surface area contributed by atoms with Gasteiger partial charge in [-0.1, -0.05) is 30.3 Å². The fourth-order valence-corrected chi connectivity index (χ4v) is 1.68. The van der Waals surface area contributed by atoms with Crippen LogP contribution in [0, 0.1) is 0 Å². The molecule has 0 aliphatic carbocycles. The first-order valence-corrected chi connectivity index (χ1v) is 5.34.